The Kier molecular flexibility index (Phi) is 6.11. The number of aliphatic hydroxyl groups excluding tert-OH is 1. The number of aryl methyl sites for hydroxylation is 1. The predicted octanol–water partition coefficient (Wildman–Crippen LogP) is 3.02. The van der Waals surface area contributed by atoms with Crippen molar-refractivity contribution in [3.63, 3.8) is 0 Å². The van der Waals surface area contributed by atoms with E-state index in [0.29, 0.717) is 19.4 Å². The van der Waals surface area contributed by atoms with E-state index in [0.717, 1.165) is 29.0 Å². The molecule has 1 aliphatic heterocycles. The largest absolute Gasteiger partial charge is 0.491 e. The third-order valence-electron chi connectivity index (χ3n) is 5.70. The van der Waals surface area contributed by atoms with Gasteiger partial charge in [-0.3, -0.25) is 0 Å². The van der Waals surface area contributed by atoms with Crippen molar-refractivity contribution in [3.8, 4) is 5.75 Å². The molecule has 2 unspecified atom stereocenters. The number of aliphatic hydroxyl groups is 1. The molecule has 0 saturated carbocycles. The normalized spacial score (nSPS) is 19.2. The van der Waals surface area contributed by atoms with Crippen LogP contribution in [0.1, 0.15) is 24.7 Å². The molecular weight excluding hydrogens is 400 g/mol. The van der Waals surface area contributed by atoms with Crippen LogP contribution in [0.5, 0.6) is 5.75 Å². The summed E-state index contributed by atoms with van der Waals surface area (Å²) in [5.41, 5.74) is 3.04. The molecule has 160 valence electrons. The van der Waals surface area contributed by atoms with E-state index < -0.39 is 15.9 Å². The second-order valence-electron chi connectivity index (χ2n) is 8.06. The van der Waals surface area contributed by atoms with Crippen molar-refractivity contribution >= 4 is 20.9 Å². The summed E-state index contributed by atoms with van der Waals surface area (Å²) in [6.07, 6.45) is 1.53. The van der Waals surface area contributed by atoms with Crippen molar-refractivity contribution < 1.29 is 18.3 Å². The number of fused-ring (bicyclic) bond motifs is 1. The SMILES string of the molecule is CCc1ccc(OCC(O)Cn2c(CC3CCS(=O)(=O)C3)nc3ccccc32)cc1. The molecule has 7 heteroatoms. The maximum atomic E-state index is 11.8. The van der Waals surface area contributed by atoms with Crippen LogP contribution in [0.3, 0.4) is 0 Å². The van der Waals surface area contributed by atoms with Gasteiger partial charge in [0.1, 0.15) is 24.3 Å². The second kappa shape index (κ2) is 8.78. The zero-order valence-electron chi connectivity index (χ0n) is 17.2. The molecule has 2 heterocycles. The van der Waals surface area contributed by atoms with E-state index in [2.05, 4.69) is 6.92 Å². The van der Waals surface area contributed by atoms with Gasteiger partial charge < -0.3 is 14.4 Å². The smallest absolute Gasteiger partial charge is 0.150 e. The summed E-state index contributed by atoms with van der Waals surface area (Å²) in [5, 5.41) is 10.6. The average Bonchev–Trinajstić information content (AvgIpc) is 3.26. The van der Waals surface area contributed by atoms with Gasteiger partial charge in [0.2, 0.25) is 0 Å². The van der Waals surface area contributed by atoms with Gasteiger partial charge in [-0.05, 0) is 48.6 Å². The molecule has 1 N–H and O–H groups in total. The van der Waals surface area contributed by atoms with Gasteiger partial charge in [0.25, 0.3) is 0 Å². The molecule has 4 rings (SSSR count). The van der Waals surface area contributed by atoms with Crippen molar-refractivity contribution in [2.75, 3.05) is 18.1 Å². The van der Waals surface area contributed by atoms with Crippen molar-refractivity contribution in [3.05, 3.63) is 59.9 Å². The molecule has 3 aromatic rings. The van der Waals surface area contributed by atoms with Crippen molar-refractivity contribution in [2.45, 2.75) is 38.8 Å². The lowest BCUT2D eigenvalue weighted by Crippen LogP contribution is -2.25. The minimum absolute atomic E-state index is 0.0797. The third kappa shape index (κ3) is 4.84. The van der Waals surface area contributed by atoms with Crippen molar-refractivity contribution in [1.29, 1.82) is 0 Å². The Morgan fingerprint density at radius 3 is 2.67 bits per heavy atom. The second-order valence-corrected chi connectivity index (χ2v) is 10.3. The number of benzene rings is 2. The maximum Gasteiger partial charge on any atom is 0.150 e. The summed E-state index contributed by atoms with van der Waals surface area (Å²) in [6, 6.07) is 15.7. The summed E-state index contributed by atoms with van der Waals surface area (Å²) in [7, 11) is -2.93. The predicted molar refractivity (Wildman–Crippen MR) is 118 cm³/mol. The number of sulfone groups is 1. The van der Waals surface area contributed by atoms with Crippen molar-refractivity contribution in [2.24, 2.45) is 5.92 Å². The topological polar surface area (TPSA) is 81.4 Å². The molecule has 0 amide bonds. The van der Waals surface area contributed by atoms with Crippen LogP contribution in [0, 0.1) is 5.92 Å². The molecule has 2 aromatic carbocycles. The van der Waals surface area contributed by atoms with Gasteiger partial charge in [0, 0.05) is 6.42 Å². The van der Waals surface area contributed by atoms with Crippen LogP contribution in [0.25, 0.3) is 11.0 Å². The van der Waals surface area contributed by atoms with E-state index in [1.165, 1.54) is 5.56 Å². The summed E-state index contributed by atoms with van der Waals surface area (Å²) in [5.74, 6) is 2.11. The fraction of sp³-hybridized carbons (Fsp3) is 0.435. The summed E-state index contributed by atoms with van der Waals surface area (Å²) in [4.78, 5) is 4.73. The lowest BCUT2D eigenvalue weighted by atomic mass is 10.1. The molecule has 0 bridgehead atoms. The van der Waals surface area contributed by atoms with Gasteiger partial charge in [0.15, 0.2) is 9.84 Å². The Morgan fingerprint density at radius 1 is 1.20 bits per heavy atom. The highest BCUT2D eigenvalue weighted by Crippen LogP contribution is 2.25. The van der Waals surface area contributed by atoms with E-state index in [9.17, 15) is 13.5 Å². The molecule has 0 aliphatic carbocycles. The molecular formula is C23H28N2O4S. The molecule has 1 aliphatic rings. The molecule has 6 nitrogen and oxygen atoms in total. The number of para-hydroxylation sites is 2. The average molecular weight is 429 g/mol. The van der Waals surface area contributed by atoms with Gasteiger partial charge in [-0.1, -0.05) is 31.2 Å². The van der Waals surface area contributed by atoms with Gasteiger partial charge in [-0.2, -0.15) is 0 Å². The Bertz CT molecular complexity index is 1110. The van der Waals surface area contributed by atoms with E-state index in [-0.39, 0.29) is 24.0 Å². The van der Waals surface area contributed by atoms with Gasteiger partial charge >= 0.3 is 0 Å². The van der Waals surface area contributed by atoms with Crippen LogP contribution in [0.4, 0.5) is 0 Å². The number of hydrogen-bond acceptors (Lipinski definition) is 5. The van der Waals surface area contributed by atoms with Crippen molar-refractivity contribution in [1.82, 2.24) is 9.55 Å². The fourth-order valence-electron chi connectivity index (χ4n) is 4.05. The number of hydrogen-bond donors (Lipinski definition) is 1. The maximum absolute atomic E-state index is 11.8. The van der Waals surface area contributed by atoms with Crippen LogP contribution in [-0.2, 0) is 29.2 Å². The van der Waals surface area contributed by atoms with Gasteiger partial charge in [-0.25, -0.2) is 13.4 Å². The number of imidazole rings is 1. The van der Waals surface area contributed by atoms with E-state index >= 15 is 0 Å². The zero-order chi connectivity index (χ0) is 21.1. The first-order chi connectivity index (χ1) is 14.4. The Hall–Kier alpha value is -2.38. The standard InChI is InChI=1S/C23H28N2O4S/c1-2-17-7-9-20(10-8-17)29-15-19(26)14-25-22-6-4-3-5-21(22)24-23(25)13-18-11-12-30(27,28)16-18/h3-10,18-19,26H,2,11-16H2,1H3. The van der Waals surface area contributed by atoms with Crippen LogP contribution in [0.2, 0.25) is 0 Å². The van der Waals surface area contributed by atoms with E-state index in [1.54, 1.807) is 0 Å². The van der Waals surface area contributed by atoms with E-state index in [4.69, 9.17) is 9.72 Å². The number of aromatic nitrogens is 2. The molecule has 1 saturated heterocycles. The van der Waals surface area contributed by atoms with Gasteiger partial charge in [-0.15, -0.1) is 0 Å². The summed E-state index contributed by atoms with van der Waals surface area (Å²) >= 11 is 0. The highest BCUT2D eigenvalue weighted by atomic mass is 32.2. The molecule has 2 atom stereocenters. The molecule has 30 heavy (non-hydrogen) atoms. The highest BCUT2D eigenvalue weighted by molar-refractivity contribution is 7.91. The lowest BCUT2D eigenvalue weighted by Gasteiger charge is -2.17. The Morgan fingerprint density at radius 2 is 1.97 bits per heavy atom. The molecule has 1 aromatic heterocycles. The fourth-order valence-corrected chi connectivity index (χ4v) is 5.92. The first kappa shape index (κ1) is 20.9. The molecule has 0 radical (unpaired) electrons. The summed E-state index contributed by atoms with van der Waals surface area (Å²) < 4.78 is 31.5. The number of ether oxygens (including phenoxy) is 1. The summed E-state index contributed by atoms with van der Waals surface area (Å²) in [6.45, 7) is 2.63. The Labute approximate surface area is 177 Å². The third-order valence-corrected chi connectivity index (χ3v) is 7.54. The number of rotatable bonds is 8. The quantitative estimate of drug-likeness (QED) is 0.596. The van der Waals surface area contributed by atoms with Crippen LogP contribution >= 0.6 is 0 Å². The Balaban J connectivity index is 1.47. The zero-order valence-corrected chi connectivity index (χ0v) is 18.0. The number of nitrogens with zero attached hydrogens (tertiary/aromatic N) is 2. The first-order valence-corrected chi connectivity index (χ1v) is 12.3. The van der Waals surface area contributed by atoms with E-state index in [1.807, 2.05) is 53.1 Å². The first-order valence-electron chi connectivity index (χ1n) is 10.5. The molecule has 0 spiro atoms. The minimum Gasteiger partial charge on any atom is -0.491 e. The van der Waals surface area contributed by atoms with Crippen LogP contribution < -0.4 is 4.74 Å². The molecule has 1 fully saturated rings. The lowest BCUT2D eigenvalue weighted by molar-refractivity contribution is 0.0925. The minimum atomic E-state index is -2.93. The van der Waals surface area contributed by atoms with Crippen LogP contribution in [-0.4, -0.2) is 47.3 Å². The van der Waals surface area contributed by atoms with Gasteiger partial charge in [0.05, 0.1) is 29.1 Å². The highest BCUT2D eigenvalue weighted by Gasteiger charge is 2.29. The van der Waals surface area contributed by atoms with Crippen LogP contribution in [0.15, 0.2) is 48.5 Å². The monoisotopic (exact) mass is 428 g/mol.